The SMILES string of the molecule is COC(=O)[C@@H]1[C@@H]2CC[C@H]1CN(c1ncc(-c3cn4c5c(nc4cc3F)[C@H](O)C[C@@H]5c3ccccc3OC(F)F)cn1)C2. The monoisotopic (exact) mass is 579 g/mol. The first-order valence-corrected chi connectivity index (χ1v) is 13.9. The highest BCUT2D eigenvalue weighted by Crippen LogP contribution is 2.47. The number of ether oxygens (including phenoxy) is 2. The van der Waals surface area contributed by atoms with E-state index in [0.29, 0.717) is 47.2 Å². The molecule has 0 unspecified atom stereocenters. The Morgan fingerprint density at radius 3 is 2.52 bits per heavy atom. The van der Waals surface area contributed by atoms with Crippen LogP contribution in [-0.2, 0) is 9.53 Å². The summed E-state index contributed by atoms with van der Waals surface area (Å²) in [5.41, 5.74) is 2.42. The second-order valence-corrected chi connectivity index (χ2v) is 11.2. The highest BCUT2D eigenvalue weighted by atomic mass is 19.3. The van der Waals surface area contributed by atoms with E-state index >= 15 is 4.39 Å². The van der Waals surface area contributed by atoms with Crippen molar-refractivity contribution in [1.29, 1.82) is 0 Å². The van der Waals surface area contributed by atoms with Crippen LogP contribution in [0.15, 0.2) is 48.9 Å². The van der Waals surface area contributed by atoms with Crippen LogP contribution in [0.4, 0.5) is 19.1 Å². The number of hydrogen-bond donors (Lipinski definition) is 1. The Kier molecular flexibility index (Phi) is 6.52. The number of carbonyl (C=O) groups excluding carboxylic acids is 1. The van der Waals surface area contributed by atoms with Crippen LogP contribution in [0.3, 0.4) is 0 Å². The molecule has 2 aliphatic carbocycles. The van der Waals surface area contributed by atoms with E-state index in [2.05, 4.69) is 19.9 Å². The second kappa shape index (κ2) is 10.3. The number of fused-ring (bicyclic) bond motifs is 5. The molecule has 3 aromatic heterocycles. The van der Waals surface area contributed by atoms with E-state index in [1.807, 2.05) is 0 Å². The number of anilines is 1. The molecule has 1 aromatic carbocycles. The van der Waals surface area contributed by atoms with Crippen molar-refractivity contribution in [2.75, 3.05) is 25.1 Å². The fourth-order valence-electron chi connectivity index (χ4n) is 7.13. The van der Waals surface area contributed by atoms with Crippen LogP contribution in [-0.4, -0.2) is 57.2 Å². The number of para-hydroxylation sites is 1. The van der Waals surface area contributed by atoms with Crippen LogP contribution in [0.25, 0.3) is 16.8 Å². The molecule has 1 saturated heterocycles. The molecule has 9 nitrogen and oxygen atoms in total. The molecule has 2 bridgehead atoms. The molecule has 12 heteroatoms. The zero-order valence-electron chi connectivity index (χ0n) is 22.7. The molecule has 1 N–H and O–H groups in total. The van der Waals surface area contributed by atoms with E-state index in [0.717, 1.165) is 12.8 Å². The van der Waals surface area contributed by atoms with Crippen molar-refractivity contribution in [3.05, 3.63) is 71.7 Å². The first-order valence-electron chi connectivity index (χ1n) is 13.9. The van der Waals surface area contributed by atoms with Gasteiger partial charge < -0.3 is 23.9 Å². The van der Waals surface area contributed by atoms with Gasteiger partial charge in [0.2, 0.25) is 5.95 Å². The van der Waals surface area contributed by atoms with Gasteiger partial charge in [0.1, 0.15) is 17.2 Å². The number of aromatic nitrogens is 4. The average molecular weight is 580 g/mol. The fraction of sp³-hybridized carbons (Fsp3) is 0.400. The predicted molar refractivity (Wildman–Crippen MR) is 145 cm³/mol. The maximum absolute atomic E-state index is 15.4. The number of esters is 1. The number of aliphatic hydroxyl groups is 1. The lowest BCUT2D eigenvalue weighted by Gasteiger charge is -2.36. The number of pyridine rings is 1. The lowest BCUT2D eigenvalue weighted by molar-refractivity contribution is -0.148. The highest BCUT2D eigenvalue weighted by molar-refractivity contribution is 5.74. The minimum Gasteiger partial charge on any atom is -0.469 e. The summed E-state index contributed by atoms with van der Waals surface area (Å²) in [6.45, 7) is -1.70. The van der Waals surface area contributed by atoms with E-state index in [1.165, 1.54) is 19.2 Å². The first-order chi connectivity index (χ1) is 20.3. The molecule has 1 saturated carbocycles. The van der Waals surface area contributed by atoms with Crippen LogP contribution in [0.2, 0.25) is 0 Å². The number of alkyl halides is 2. The van der Waals surface area contributed by atoms with Crippen LogP contribution < -0.4 is 9.64 Å². The zero-order valence-corrected chi connectivity index (χ0v) is 22.7. The fourth-order valence-corrected chi connectivity index (χ4v) is 7.13. The van der Waals surface area contributed by atoms with Crippen LogP contribution >= 0.6 is 0 Å². The maximum atomic E-state index is 15.4. The third-order valence-corrected chi connectivity index (χ3v) is 8.93. The molecule has 0 radical (unpaired) electrons. The van der Waals surface area contributed by atoms with E-state index in [-0.39, 0.29) is 41.5 Å². The number of piperidine rings is 1. The summed E-state index contributed by atoms with van der Waals surface area (Å²) in [5.74, 6) is -0.392. The molecule has 1 aliphatic heterocycles. The molecular formula is C30H28F3N5O4. The van der Waals surface area contributed by atoms with E-state index in [4.69, 9.17) is 9.47 Å². The minimum atomic E-state index is -3.00. The number of methoxy groups -OCH3 is 1. The normalized spacial score (nSPS) is 24.8. The number of aliphatic hydroxyl groups excluding tert-OH is 1. The maximum Gasteiger partial charge on any atom is 0.387 e. The van der Waals surface area contributed by atoms with Crippen LogP contribution in [0.1, 0.15) is 48.2 Å². The van der Waals surface area contributed by atoms with Gasteiger partial charge in [0, 0.05) is 60.4 Å². The van der Waals surface area contributed by atoms with Gasteiger partial charge in [-0.2, -0.15) is 8.78 Å². The van der Waals surface area contributed by atoms with Gasteiger partial charge in [-0.1, -0.05) is 18.2 Å². The molecule has 0 spiro atoms. The van der Waals surface area contributed by atoms with Crippen molar-refractivity contribution in [1.82, 2.24) is 19.4 Å². The highest BCUT2D eigenvalue weighted by Gasteiger charge is 2.47. The molecule has 4 aromatic rings. The Bertz CT molecular complexity index is 1650. The van der Waals surface area contributed by atoms with Gasteiger partial charge in [-0.25, -0.2) is 19.3 Å². The van der Waals surface area contributed by atoms with Crippen molar-refractivity contribution in [2.45, 2.75) is 37.9 Å². The molecule has 2 fully saturated rings. The van der Waals surface area contributed by atoms with Gasteiger partial charge in [0.05, 0.1) is 30.5 Å². The Hall–Kier alpha value is -4.19. The van der Waals surface area contributed by atoms with Gasteiger partial charge in [-0.3, -0.25) is 4.79 Å². The van der Waals surface area contributed by atoms with Crippen molar-refractivity contribution < 1.29 is 32.5 Å². The van der Waals surface area contributed by atoms with Gasteiger partial charge >= 0.3 is 12.6 Å². The van der Waals surface area contributed by atoms with Crippen LogP contribution in [0.5, 0.6) is 5.75 Å². The summed E-state index contributed by atoms with van der Waals surface area (Å²) in [6, 6.07) is 7.74. The van der Waals surface area contributed by atoms with Gasteiger partial charge in [0.15, 0.2) is 0 Å². The summed E-state index contributed by atoms with van der Waals surface area (Å²) in [7, 11) is 1.42. The standard InChI is InChI=1S/C30H28F3N5O4/c1-41-28(40)25-15-6-7-16(25)13-37(12-15)30-34-10-17(11-35-30)20-14-38-24(9-21(20)31)36-26-22(39)8-19(27(26)38)18-4-2-3-5-23(18)42-29(32)33/h2-5,9-11,14-16,19,22,25,29,39H,6-8,12-13H2,1H3/t15-,16+,19-,22-,25-/m1/s1. The second-order valence-electron chi connectivity index (χ2n) is 11.2. The summed E-state index contributed by atoms with van der Waals surface area (Å²) < 4.78 is 53.1. The Labute approximate surface area is 238 Å². The molecule has 5 atom stereocenters. The van der Waals surface area contributed by atoms with E-state index in [9.17, 15) is 18.7 Å². The summed E-state index contributed by atoms with van der Waals surface area (Å²) in [4.78, 5) is 27.9. The number of halogens is 3. The topological polar surface area (TPSA) is 102 Å². The third kappa shape index (κ3) is 4.36. The zero-order chi connectivity index (χ0) is 29.1. The Morgan fingerprint density at radius 1 is 1.12 bits per heavy atom. The van der Waals surface area contributed by atoms with Crippen molar-refractivity contribution >= 4 is 17.6 Å². The molecule has 7 rings (SSSR count). The van der Waals surface area contributed by atoms with Gasteiger partial charge in [-0.15, -0.1) is 0 Å². The third-order valence-electron chi connectivity index (χ3n) is 8.93. The molecule has 0 amide bonds. The first kappa shape index (κ1) is 26.7. The quantitative estimate of drug-likeness (QED) is 0.327. The largest absolute Gasteiger partial charge is 0.469 e. The summed E-state index contributed by atoms with van der Waals surface area (Å²) in [5, 5.41) is 10.8. The van der Waals surface area contributed by atoms with Gasteiger partial charge in [0.25, 0.3) is 0 Å². The van der Waals surface area contributed by atoms with E-state index in [1.54, 1.807) is 41.2 Å². The average Bonchev–Trinajstić information content (AvgIpc) is 3.60. The summed E-state index contributed by atoms with van der Waals surface area (Å²) >= 11 is 0. The van der Waals surface area contributed by atoms with E-state index < -0.39 is 24.5 Å². The Balaban J connectivity index is 1.21. The lowest BCUT2D eigenvalue weighted by Crippen LogP contribution is -2.45. The number of hydrogen-bond acceptors (Lipinski definition) is 8. The summed E-state index contributed by atoms with van der Waals surface area (Å²) in [6.07, 6.45) is 5.90. The smallest absolute Gasteiger partial charge is 0.387 e. The molecule has 42 heavy (non-hydrogen) atoms. The molecule has 3 aliphatic rings. The van der Waals surface area contributed by atoms with Crippen molar-refractivity contribution in [2.24, 2.45) is 17.8 Å². The van der Waals surface area contributed by atoms with Crippen LogP contribution in [0, 0.1) is 23.6 Å². The molecule has 4 heterocycles. The van der Waals surface area contributed by atoms with Gasteiger partial charge in [-0.05, 0) is 37.2 Å². The number of nitrogens with zero attached hydrogens (tertiary/aromatic N) is 5. The van der Waals surface area contributed by atoms with Crippen molar-refractivity contribution in [3.63, 3.8) is 0 Å². The number of imidazole rings is 1. The Morgan fingerprint density at radius 2 is 1.83 bits per heavy atom. The molecule has 218 valence electrons. The predicted octanol–water partition coefficient (Wildman–Crippen LogP) is 4.74. The number of carbonyl (C=O) groups is 1. The number of rotatable bonds is 6. The minimum absolute atomic E-state index is 0.0166. The van der Waals surface area contributed by atoms with Crippen molar-refractivity contribution in [3.8, 4) is 16.9 Å². The number of benzene rings is 1. The molecular weight excluding hydrogens is 551 g/mol. The lowest BCUT2D eigenvalue weighted by atomic mass is 9.85.